The van der Waals surface area contributed by atoms with Crippen LogP contribution in [0.3, 0.4) is 0 Å². The van der Waals surface area contributed by atoms with E-state index < -0.39 is 11.2 Å². The van der Waals surface area contributed by atoms with Gasteiger partial charge < -0.3 is 28.9 Å². The number of hydrogen-bond donors (Lipinski definition) is 2. The topological polar surface area (TPSA) is 135 Å². The van der Waals surface area contributed by atoms with Gasteiger partial charge >= 0.3 is 12.2 Å². The highest BCUT2D eigenvalue weighted by Gasteiger charge is 2.38. The minimum absolute atomic E-state index is 0.0994. The van der Waals surface area contributed by atoms with E-state index >= 15 is 0 Å². The van der Waals surface area contributed by atoms with Crippen LogP contribution in [0.25, 0.3) is 44.2 Å². The van der Waals surface area contributed by atoms with Crippen molar-refractivity contribution in [3.05, 3.63) is 65.9 Å². The van der Waals surface area contributed by atoms with Gasteiger partial charge in [-0.1, -0.05) is 32.0 Å². The number of methoxy groups -OCH3 is 1. The molecule has 0 saturated carbocycles. The Labute approximate surface area is 322 Å². The number of aromatic nitrogens is 4. The van der Waals surface area contributed by atoms with Crippen molar-refractivity contribution >= 4 is 34.0 Å². The fourth-order valence-corrected chi connectivity index (χ4v) is 7.69. The van der Waals surface area contributed by atoms with E-state index in [1.807, 2.05) is 60.7 Å². The first-order valence-electron chi connectivity index (χ1n) is 19.2. The third-order valence-electron chi connectivity index (χ3n) is 10.2. The summed E-state index contributed by atoms with van der Waals surface area (Å²) >= 11 is 0. The molecule has 2 aliphatic rings. The van der Waals surface area contributed by atoms with E-state index in [2.05, 4.69) is 60.2 Å². The maximum absolute atomic E-state index is 13.4. The fraction of sp³-hybridized carbons (Fsp3) is 0.488. The molecule has 4 atom stereocenters. The smallest absolute Gasteiger partial charge is 0.410 e. The van der Waals surface area contributed by atoms with Crippen molar-refractivity contribution in [3.8, 4) is 28.1 Å². The van der Waals surface area contributed by atoms with E-state index in [1.54, 1.807) is 16.9 Å². The molecular weight excluding hydrogens is 697 g/mol. The molecule has 0 aliphatic carbocycles. The fourth-order valence-electron chi connectivity index (χ4n) is 7.69. The number of carbonyl (C=O) groups excluding carboxylic acids is 2. The molecule has 1 fully saturated rings. The molecule has 2 N–H and O–H groups in total. The molecule has 12 heteroatoms. The first kappa shape index (κ1) is 38.2. The number of aromatic amines is 2. The first-order chi connectivity index (χ1) is 26.0. The van der Waals surface area contributed by atoms with Crippen LogP contribution in [0.2, 0.25) is 0 Å². The van der Waals surface area contributed by atoms with Crippen LogP contribution in [0, 0.1) is 11.8 Å². The standard InChI is InChI=1S/C43H54N6O6/c1-24-15-35(49(20-24)41(51)55-43(7,8)9)39-44-19-34(46-39)28-11-13-30-29(16-28)23-53-36-18-31-27(17-32(30)36)12-14-33-37(31)47-38(45-33)26(3)48(21-25(2)22-52-10)40(50)54-42(4,5)6/h11-14,16-19,24-26,35H,15,20-23H2,1-10H3,(H,44,46)(H,45,47)/t24-,25-,26-,35-/m0/s1. The SMILES string of the molecule is COC[C@@H](C)CN(C(=O)OC(C)(C)C)[C@@H](C)c1nc2ccc3cc4c(cc3c2[nH]1)OCc1cc(-c2cnc([C@@H]3C[C@H](C)CN3C(=O)OC(C)(C)C)[nH]2)ccc1-4. The van der Waals surface area contributed by atoms with Gasteiger partial charge in [0.05, 0.1) is 41.6 Å². The molecule has 1 saturated heterocycles. The van der Waals surface area contributed by atoms with Crippen LogP contribution in [-0.2, 0) is 20.8 Å². The molecule has 7 rings (SSSR count). The predicted molar refractivity (Wildman–Crippen MR) is 213 cm³/mol. The van der Waals surface area contributed by atoms with Crippen molar-refractivity contribution in [1.82, 2.24) is 29.7 Å². The number of rotatable bonds is 8. The van der Waals surface area contributed by atoms with Gasteiger partial charge in [0.2, 0.25) is 0 Å². The minimum Gasteiger partial charge on any atom is -0.488 e. The Morgan fingerprint density at radius 3 is 2.49 bits per heavy atom. The van der Waals surface area contributed by atoms with Crippen LogP contribution in [0.1, 0.15) is 98.0 Å². The Balaban J connectivity index is 1.15. The number of nitrogens with zero attached hydrogens (tertiary/aromatic N) is 4. The third kappa shape index (κ3) is 8.01. The predicted octanol–water partition coefficient (Wildman–Crippen LogP) is 9.56. The Morgan fingerprint density at radius 2 is 1.76 bits per heavy atom. The molecule has 0 unspecified atom stereocenters. The number of benzene rings is 3. The molecule has 2 aromatic heterocycles. The highest BCUT2D eigenvalue weighted by Crippen LogP contribution is 2.43. The lowest BCUT2D eigenvalue weighted by atomic mass is 9.92. The molecular formula is C43H54N6O6. The third-order valence-corrected chi connectivity index (χ3v) is 10.2. The van der Waals surface area contributed by atoms with Gasteiger partial charge in [0, 0.05) is 31.1 Å². The van der Waals surface area contributed by atoms with Crippen LogP contribution in [0.4, 0.5) is 9.59 Å². The van der Waals surface area contributed by atoms with Gasteiger partial charge in [-0.05, 0) is 113 Å². The lowest BCUT2D eigenvalue weighted by Crippen LogP contribution is -2.41. The summed E-state index contributed by atoms with van der Waals surface area (Å²) in [6.07, 6.45) is 1.96. The molecule has 0 bridgehead atoms. The number of fused-ring (bicyclic) bond motifs is 6. The number of likely N-dealkylation sites (tertiary alicyclic amines) is 1. The minimum atomic E-state index is -0.632. The summed E-state index contributed by atoms with van der Waals surface area (Å²) < 4.78 is 23.3. The van der Waals surface area contributed by atoms with Gasteiger partial charge in [-0.25, -0.2) is 19.6 Å². The highest BCUT2D eigenvalue weighted by atomic mass is 16.6. The number of ether oxygens (including phenoxy) is 4. The zero-order valence-corrected chi connectivity index (χ0v) is 33.7. The van der Waals surface area contributed by atoms with Crippen LogP contribution >= 0.6 is 0 Å². The molecule has 55 heavy (non-hydrogen) atoms. The van der Waals surface area contributed by atoms with E-state index in [0.717, 1.165) is 67.7 Å². The molecule has 0 spiro atoms. The van der Waals surface area contributed by atoms with Gasteiger partial charge in [-0.2, -0.15) is 0 Å². The molecule has 2 aliphatic heterocycles. The zero-order chi connectivity index (χ0) is 39.4. The second kappa shape index (κ2) is 14.5. The summed E-state index contributed by atoms with van der Waals surface area (Å²) in [7, 11) is 1.66. The monoisotopic (exact) mass is 750 g/mol. The summed E-state index contributed by atoms with van der Waals surface area (Å²) in [6.45, 7) is 19.5. The van der Waals surface area contributed by atoms with E-state index in [1.165, 1.54) is 0 Å². The van der Waals surface area contributed by atoms with Gasteiger partial charge in [0.1, 0.15) is 35.2 Å². The average Bonchev–Trinajstić information content (AvgIpc) is 3.86. The average molecular weight is 751 g/mol. The molecule has 292 valence electrons. The number of hydrogen-bond acceptors (Lipinski definition) is 8. The molecule has 2 amide bonds. The Hall–Kier alpha value is -5.10. The second-order valence-corrected chi connectivity index (χ2v) is 17.4. The maximum atomic E-state index is 13.4. The van der Waals surface area contributed by atoms with E-state index in [4.69, 9.17) is 28.9 Å². The lowest BCUT2D eigenvalue weighted by molar-refractivity contribution is 0.0101. The highest BCUT2D eigenvalue weighted by molar-refractivity contribution is 6.07. The largest absolute Gasteiger partial charge is 0.488 e. The van der Waals surface area contributed by atoms with Crippen LogP contribution < -0.4 is 4.74 Å². The van der Waals surface area contributed by atoms with Crippen LogP contribution in [0.15, 0.2) is 48.7 Å². The van der Waals surface area contributed by atoms with Crippen LogP contribution in [-0.4, -0.2) is 79.9 Å². The quantitative estimate of drug-likeness (QED) is 0.160. The summed E-state index contributed by atoms with van der Waals surface area (Å²) in [4.78, 5) is 46.7. The number of imidazole rings is 2. The van der Waals surface area contributed by atoms with Crippen LogP contribution in [0.5, 0.6) is 5.75 Å². The summed E-state index contributed by atoms with van der Waals surface area (Å²) in [5.41, 5.74) is 5.60. The van der Waals surface area contributed by atoms with Gasteiger partial charge in [0.15, 0.2) is 0 Å². The normalized spacial score (nSPS) is 18.1. The molecule has 0 radical (unpaired) electrons. The number of nitrogens with one attached hydrogen (secondary N) is 2. The van der Waals surface area contributed by atoms with Gasteiger partial charge in [0.25, 0.3) is 0 Å². The molecule has 5 aromatic rings. The van der Waals surface area contributed by atoms with Crippen molar-refractivity contribution < 1.29 is 28.5 Å². The maximum Gasteiger partial charge on any atom is 0.410 e. The van der Waals surface area contributed by atoms with E-state index in [-0.39, 0.29) is 30.2 Å². The molecule has 12 nitrogen and oxygen atoms in total. The van der Waals surface area contributed by atoms with Gasteiger partial charge in [-0.15, -0.1) is 0 Å². The number of H-pyrrole nitrogens is 2. The van der Waals surface area contributed by atoms with Crippen molar-refractivity contribution in [2.45, 2.75) is 98.6 Å². The zero-order valence-electron chi connectivity index (χ0n) is 33.7. The summed E-state index contributed by atoms with van der Waals surface area (Å²) in [5.74, 6) is 2.68. The van der Waals surface area contributed by atoms with Crippen molar-refractivity contribution in [2.24, 2.45) is 11.8 Å². The first-order valence-corrected chi connectivity index (χ1v) is 19.2. The van der Waals surface area contributed by atoms with E-state index in [0.29, 0.717) is 38.0 Å². The van der Waals surface area contributed by atoms with Crippen molar-refractivity contribution in [1.29, 1.82) is 0 Å². The number of carbonyl (C=O) groups is 2. The summed E-state index contributed by atoms with van der Waals surface area (Å²) in [6, 6.07) is 14.2. The summed E-state index contributed by atoms with van der Waals surface area (Å²) in [5, 5.41) is 2.04. The molecule has 4 heterocycles. The second-order valence-electron chi connectivity index (χ2n) is 17.4. The Kier molecular flexibility index (Phi) is 10.1. The number of amides is 2. The Morgan fingerprint density at radius 1 is 1.00 bits per heavy atom. The van der Waals surface area contributed by atoms with E-state index in [9.17, 15) is 9.59 Å². The molecule has 3 aromatic carbocycles. The lowest BCUT2D eigenvalue weighted by Gasteiger charge is -2.32. The van der Waals surface area contributed by atoms with Crippen molar-refractivity contribution in [2.75, 3.05) is 26.8 Å². The Bertz CT molecular complexity index is 2230. The van der Waals surface area contributed by atoms with Crippen molar-refractivity contribution in [3.63, 3.8) is 0 Å². The van der Waals surface area contributed by atoms with Gasteiger partial charge in [-0.3, -0.25) is 9.80 Å².